The van der Waals surface area contributed by atoms with Crippen molar-refractivity contribution in [3.05, 3.63) is 12.2 Å². The zero-order valence-corrected chi connectivity index (χ0v) is 14.3. The van der Waals surface area contributed by atoms with Gasteiger partial charge in [0, 0.05) is 12.0 Å². The van der Waals surface area contributed by atoms with Crippen molar-refractivity contribution in [2.75, 3.05) is 13.2 Å². The first kappa shape index (κ1) is 15.2. The molecule has 2 nitrogen and oxygen atoms in total. The quantitative estimate of drug-likeness (QED) is 0.759. The molecule has 0 radical (unpaired) electrons. The molecule has 0 heterocycles. The molecule has 4 aliphatic rings. The molecule has 0 aromatic rings. The Morgan fingerprint density at radius 1 is 0.909 bits per heavy atom. The molecule has 0 aromatic heterocycles. The summed E-state index contributed by atoms with van der Waals surface area (Å²) in [5.74, 6) is 1.42. The Morgan fingerprint density at radius 2 is 1.68 bits per heavy atom. The highest BCUT2D eigenvalue weighted by atomic mass is 16.3. The third kappa shape index (κ3) is 1.74. The minimum atomic E-state index is 0.0919. The number of allylic oxidation sites excluding steroid dienone is 1. The molecule has 4 rings (SSSR count). The molecule has 1 spiro atoms. The topological polar surface area (TPSA) is 40.5 Å². The van der Waals surface area contributed by atoms with Gasteiger partial charge in [0.05, 0.1) is 6.61 Å². The van der Waals surface area contributed by atoms with Crippen molar-refractivity contribution in [2.45, 2.75) is 65.2 Å². The summed E-state index contributed by atoms with van der Waals surface area (Å²) >= 11 is 0. The lowest BCUT2D eigenvalue weighted by atomic mass is 9.40. The van der Waals surface area contributed by atoms with E-state index in [4.69, 9.17) is 0 Å². The molecule has 2 N–H and O–H groups in total. The van der Waals surface area contributed by atoms with Crippen molar-refractivity contribution in [2.24, 2.45) is 33.5 Å². The van der Waals surface area contributed by atoms with Crippen molar-refractivity contribution < 1.29 is 10.2 Å². The van der Waals surface area contributed by atoms with E-state index in [1.165, 1.54) is 44.9 Å². The number of aliphatic hydroxyl groups excluding tert-OH is 2. The van der Waals surface area contributed by atoms with Crippen LogP contribution >= 0.6 is 0 Å². The smallest absolute Gasteiger partial charge is 0.0522 e. The summed E-state index contributed by atoms with van der Waals surface area (Å²) in [4.78, 5) is 0. The van der Waals surface area contributed by atoms with E-state index in [1.54, 1.807) is 0 Å². The van der Waals surface area contributed by atoms with E-state index in [0.717, 1.165) is 12.3 Å². The maximum Gasteiger partial charge on any atom is 0.0522 e. The molecule has 6 atom stereocenters. The van der Waals surface area contributed by atoms with Crippen molar-refractivity contribution in [1.29, 1.82) is 0 Å². The van der Waals surface area contributed by atoms with Crippen LogP contribution in [0.4, 0.5) is 0 Å². The number of fused-ring (bicyclic) bond motifs is 3. The molecule has 0 unspecified atom stereocenters. The minimum absolute atomic E-state index is 0.0919. The van der Waals surface area contributed by atoms with Crippen LogP contribution in [0.25, 0.3) is 0 Å². The van der Waals surface area contributed by atoms with Crippen LogP contribution in [0.3, 0.4) is 0 Å². The molecule has 2 heteroatoms. The minimum Gasteiger partial charge on any atom is -0.396 e. The van der Waals surface area contributed by atoms with Gasteiger partial charge in [-0.25, -0.2) is 0 Å². The SMILES string of the molecule is C[C@@]1(CO)CCC[C@]2(C)[C@@H]1CC[C@]13C=C[C@](CO)(CC[C@H]12)C3. The van der Waals surface area contributed by atoms with Gasteiger partial charge in [-0.1, -0.05) is 32.4 Å². The van der Waals surface area contributed by atoms with Gasteiger partial charge in [-0.05, 0) is 73.0 Å². The van der Waals surface area contributed by atoms with E-state index in [2.05, 4.69) is 26.0 Å². The van der Waals surface area contributed by atoms with Gasteiger partial charge in [0.15, 0.2) is 0 Å². The molecule has 4 aliphatic carbocycles. The summed E-state index contributed by atoms with van der Waals surface area (Å²) < 4.78 is 0. The Kier molecular flexibility index (Phi) is 3.18. The molecular formula is C20H32O2. The van der Waals surface area contributed by atoms with E-state index in [0.29, 0.717) is 30.0 Å². The third-order valence-corrected chi connectivity index (χ3v) is 8.55. The van der Waals surface area contributed by atoms with E-state index in [1.807, 2.05) is 0 Å². The lowest BCUT2D eigenvalue weighted by Crippen LogP contribution is -2.58. The van der Waals surface area contributed by atoms with Gasteiger partial charge in [0.25, 0.3) is 0 Å². The second-order valence-corrected chi connectivity index (χ2v) is 9.62. The zero-order chi connectivity index (χ0) is 15.6. The van der Waals surface area contributed by atoms with Crippen LogP contribution in [-0.2, 0) is 0 Å². The molecular weight excluding hydrogens is 272 g/mol. The average molecular weight is 304 g/mol. The van der Waals surface area contributed by atoms with Crippen molar-refractivity contribution >= 4 is 0 Å². The average Bonchev–Trinajstić information content (AvgIpc) is 2.79. The van der Waals surface area contributed by atoms with Crippen molar-refractivity contribution in [1.82, 2.24) is 0 Å². The number of hydrogen-bond donors (Lipinski definition) is 2. The molecule has 124 valence electrons. The molecule has 22 heavy (non-hydrogen) atoms. The highest BCUT2D eigenvalue weighted by Gasteiger charge is 2.63. The van der Waals surface area contributed by atoms with Crippen LogP contribution in [0.2, 0.25) is 0 Å². The van der Waals surface area contributed by atoms with Crippen LogP contribution in [0.1, 0.15) is 65.2 Å². The number of rotatable bonds is 2. The van der Waals surface area contributed by atoms with Crippen LogP contribution in [-0.4, -0.2) is 23.4 Å². The predicted octanol–water partition coefficient (Wildman–Crippen LogP) is 3.92. The van der Waals surface area contributed by atoms with E-state index in [-0.39, 0.29) is 10.8 Å². The van der Waals surface area contributed by atoms with Crippen LogP contribution in [0.5, 0.6) is 0 Å². The van der Waals surface area contributed by atoms with E-state index >= 15 is 0 Å². The summed E-state index contributed by atoms with van der Waals surface area (Å²) in [5, 5.41) is 19.9. The standard InChI is InChI=1S/C20H32O2/c1-17(13-21)6-3-7-18(2)15(17)5-9-20-11-10-19(12-20,14-22)8-4-16(18)20/h10-11,15-16,21-22H,3-9,12-14H2,1-2H3/t15-,16+,17+,18-,19-,20-/m1/s1. The van der Waals surface area contributed by atoms with Crippen LogP contribution in [0, 0.1) is 33.5 Å². The highest BCUT2D eigenvalue weighted by Crippen LogP contribution is 2.71. The molecule has 0 amide bonds. The Morgan fingerprint density at radius 3 is 2.41 bits per heavy atom. The first-order valence-electron chi connectivity index (χ1n) is 9.34. The fourth-order valence-electron chi connectivity index (χ4n) is 7.48. The summed E-state index contributed by atoms with van der Waals surface area (Å²) in [7, 11) is 0. The van der Waals surface area contributed by atoms with Crippen molar-refractivity contribution in [3.8, 4) is 0 Å². The molecule has 3 fully saturated rings. The van der Waals surface area contributed by atoms with Gasteiger partial charge in [-0.15, -0.1) is 0 Å². The van der Waals surface area contributed by atoms with Crippen LogP contribution in [0.15, 0.2) is 12.2 Å². The molecule has 0 aromatic carbocycles. The second kappa shape index (κ2) is 4.60. The normalized spacial score (nSPS) is 56.5. The number of hydrogen-bond acceptors (Lipinski definition) is 2. The molecule has 0 aliphatic heterocycles. The van der Waals surface area contributed by atoms with Crippen molar-refractivity contribution in [3.63, 3.8) is 0 Å². The first-order valence-corrected chi connectivity index (χ1v) is 9.34. The number of aliphatic hydroxyl groups is 2. The van der Waals surface area contributed by atoms with Gasteiger partial charge in [0.2, 0.25) is 0 Å². The summed E-state index contributed by atoms with van der Waals surface area (Å²) in [6.45, 7) is 5.54. The van der Waals surface area contributed by atoms with Gasteiger partial charge >= 0.3 is 0 Å². The monoisotopic (exact) mass is 304 g/mol. The largest absolute Gasteiger partial charge is 0.396 e. The summed E-state index contributed by atoms with van der Waals surface area (Å²) in [5.41, 5.74) is 0.946. The van der Waals surface area contributed by atoms with Gasteiger partial charge in [-0.2, -0.15) is 0 Å². The second-order valence-electron chi connectivity index (χ2n) is 9.62. The maximum absolute atomic E-state index is 10.1. The fraction of sp³-hybridized carbons (Fsp3) is 0.900. The summed E-state index contributed by atoms with van der Waals surface area (Å²) in [6.07, 6.45) is 14.8. The van der Waals surface area contributed by atoms with Gasteiger partial charge in [-0.3, -0.25) is 0 Å². The predicted molar refractivity (Wildman–Crippen MR) is 88.3 cm³/mol. The van der Waals surface area contributed by atoms with Gasteiger partial charge < -0.3 is 10.2 Å². The first-order chi connectivity index (χ1) is 10.4. The lowest BCUT2D eigenvalue weighted by molar-refractivity contribution is -0.158. The third-order valence-electron chi connectivity index (χ3n) is 8.55. The molecule has 0 saturated heterocycles. The Labute approximate surface area is 135 Å². The summed E-state index contributed by atoms with van der Waals surface area (Å²) in [6, 6.07) is 0. The maximum atomic E-state index is 10.1. The van der Waals surface area contributed by atoms with E-state index < -0.39 is 0 Å². The zero-order valence-electron chi connectivity index (χ0n) is 14.3. The lowest BCUT2D eigenvalue weighted by Gasteiger charge is -2.64. The molecule has 3 saturated carbocycles. The Hall–Kier alpha value is -0.340. The Bertz CT molecular complexity index is 500. The van der Waals surface area contributed by atoms with E-state index in [9.17, 15) is 10.2 Å². The highest BCUT2D eigenvalue weighted by molar-refractivity contribution is 5.26. The molecule has 2 bridgehead atoms. The fourth-order valence-corrected chi connectivity index (χ4v) is 7.48. The van der Waals surface area contributed by atoms with Gasteiger partial charge in [0.1, 0.15) is 0 Å². The van der Waals surface area contributed by atoms with Crippen LogP contribution < -0.4 is 0 Å². The Balaban J connectivity index is 1.72.